The van der Waals surface area contributed by atoms with E-state index in [1.807, 2.05) is 0 Å². The maximum atomic E-state index is 10.1. The molecule has 0 atom stereocenters. The van der Waals surface area contributed by atoms with Gasteiger partial charge in [-0.05, 0) is 0 Å². The summed E-state index contributed by atoms with van der Waals surface area (Å²) in [5.74, 6) is 0. The molecule has 62 valence electrons. The SMILES string of the molecule is C=C[SiH](C)C.O=P(O)(F)F. The molecule has 0 aliphatic heterocycles. The third-order valence-corrected chi connectivity index (χ3v) is 1.41. The topological polar surface area (TPSA) is 37.3 Å². The molecule has 0 bridgehead atoms. The Bertz CT molecular complexity index is 125. The normalized spacial score (nSPS) is 10.2. The summed E-state index contributed by atoms with van der Waals surface area (Å²) in [6.45, 7) is 8.11. The molecule has 0 aromatic heterocycles. The minimum absolute atomic E-state index is 0.386. The molecular weight excluding hydrogens is 177 g/mol. The summed E-state index contributed by atoms with van der Waals surface area (Å²) in [5, 5.41) is 0. The van der Waals surface area contributed by atoms with E-state index in [1.165, 1.54) is 0 Å². The van der Waals surface area contributed by atoms with Gasteiger partial charge in [-0.2, -0.15) is 0 Å². The third kappa shape index (κ3) is 97.6. The fourth-order valence-corrected chi connectivity index (χ4v) is 0. The van der Waals surface area contributed by atoms with Crippen LogP contribution in [0.25, 0.3) is 0 Å². The second-order valence-corrected chi connectivity index (χ2v) is 5.74. The summed E-state index contributed by atoms with van der Waals surface area (Å²) in [6.07, 6.45) is 0. The molecule has 0 aliphatic carbocycles. The second-order valence-electron chi connectivity index (χ2n) is 1.91. The standard InChI is InChI=1S/C4H10Si.F2HO2P/c1-4-5(2)3;1-5(2,3)4/h4-5H,1H2,2-3H3;(H,3,4). The predicted octanol–water partition coefficient (Wildman–Crippen LogP) is 2.22. The molecule has 6 heteroatoms. The van der Waals surface area contributed by atoms with Gasteiger partial charge in [0.05, 0.1) is 8.80 Å². The Balaban J connectivity index is 0. The highest BCUT2D eigenvalue weighted by Crippen LogP contribution is 2.43. The molecule has 10 heavy (non-hydrogen) atoms. The highest BCUT2D eigenvalue weighted by atomic mass is 31.2. The zero-order valence-corrected chi connectivity index (χ0v) is 7.97. The van der Waals surface area contributed by atoms with Crippen molar-refractivity contribution >= 4 is 16.8 Å². The van der Waals surface area contributed by atoms with Crippen LogP contribution >= 0.6 is 7.99 Å². The Labute approximate surface area is 60.9 Å². The van der Waals surface area contributed by atoms with Crippen LogP contribution in [0.3, 0.4) is 0 Å². The van der Waals surface area contributed by atoms with Crippen molar-refractivity contribution in [3.8, 4) is 0 Å². The highest BCUT2D eigenvalue weighted by molar-refractivity contribution is 7.46. The monoisotopic (exact) mass is 188 g/mol. The first-order valence-corrected chi connectivity index (χ1v) is 7.03. The van der Waals surface area contributed by atoms with Gasteiger partial charge in [-0.3, -0.25) is 4.89 Å². The van der Waals surface area contributed by atoms with Crippen molar-refractivity contribution in [3.05, 3.63) is 12.3 Å². The van der Waals surface area contributed by atoms with Crippen LogP contribution in [0.15, 0.2) is 12.3 Å². The molecule has 0 saturated carbocycles. The number of hydrogen-bond acceptors (Lipinski definition) is 1. The van der Waals surface area contributed by atoms with Crippen molar-refractivity contribution in [1.29, 1.82) is 0 Å². The minimum Gasteiger partial charge on any atom is -0.296 e. The van der Waals surface area contributed by atoms with Crippen LogP contribution < -0.4 is 0 Å². The van der Waals surface area contributed by atoms with Crippen LogP contribution in [-0.2, 0) is 4.57 Å². The Morgan fingerprint density at radius 1 is 1.60 bits per heavy atom. The van der Waals surface area contributed by atoms with Crippen molar-refractivity contribution in [2.24, 2.45) is 0 Å². The number of halogens is 2. The Hall–Kier alpha value is 0.00688. The summed E-state index contributed by atoms with van der Waals surface area (Å²) in [6, 6.07) is 0. The summed E-state index contributed by atoms with van der Waals surface area (Å²) in [7, 11) is -6.02. The molecule has 0 spiro atoms. The lowest BCUT2D eigenvalue weighted by molar-refractivity contribution is 0.376. The van der Waals surface area contributed by atoms with Crippen molar-refractivity contribution in [2.45, 2.75) is 13.1 Å². The Morgan fingerprint density at radius 3 is 1.70 bits per heavy atom. The summed E-state index contributed by atoms with van der Waals surface area (Å²) < 4.78 is 28.7. The zero-order chi connectivity index (χ0) is 8.78. The Morgan fingerprint density at radius 2 is 1.70 bits per heavy atom. The van der Waals surface area contributed by atoms with Crippen LogP contribution in [0.2, 0.25) is 13.1 Å². The first-order valence-electron chi connectivity index (χ1n) is 2.62. The van der Waals surface area contributed by atoms with Gasteiger partial charge in [-0.15, -0.1) is 20.7 Å². The molecule has 0 fully saturated rings. The van der Waals surface area contributed by atoms with E-state index in [2.05, 4.69) is 25.4 Å². The van der Waals surface area contributed by atoms with Gasteiger partial charge in [0, 0.05) is 0 Å². The summed E-state index contributed by atoms with van der Waals surface area (Å²) in [4.78, 5) is 6.74. The van der Waals surface area contributed by atoms with Gasteiger partial charge in [0.15, 0.2) is 0 Å². The van der Waals surface area contributed by atoms with Crippen molar-refractivity contribution in [3.63, 3.8) is 0 Å². The van der Waals surface area contributed by atoms with Crippen LogP contribution in [0, 0.1) is 0 Å². The fraction of sp³-hybridized carbons (Fsp3) is 0.500. The average molecular weight is 188 g/mol. The van der Waals surface area contributed by atoms with Crippen LogP contribution in [0.1, 0.15) is 0 Å². The minimum atomic E-state index is -5.64. The van der Waals surface area contributed by atoms with Crippen LogP contribution in [0.4, 0.5) is 8.39 Å². The largest absolute Gasteiger partial charge is 0.549 e. The molecule has 2 nitrogen and oxygen atoms in total. The lowest BCUT2D eigenvalue weighted by Gasteiger charge is -1.81. The van der Waals surface area contributed by atoms with Crippen molar-refractivity contribution < 1.29 is 17.9 Å². The number of rotatable bonds is 1. The van der Waals surface area contributed by atoms with Crippen molar-refractivity contribution in [2.75, 3.05) is 0 Å². The van der Waals surface area contributed by atoms with Gasteiger partial charge in [-0.1, -0.05) is 13.1 Å². The van der Waals surface area contributed by atoms with Crippen LogP contribution in [-0.4, -0.2) is 13.7 Å². The quantitative estimate of drug-likeness (QED) is 0.506. The molecule has 0 rings (SSSR count). The lowest BCUT2D eigenvalue weighted by atomic mass is 11.3. The van der Waals surface area contributed by atoms with E-state index < -0.39 is 7.99 Å². The first kappa shape index (κ1) is 12.7. The Kier molecular flexibility index (Phi) is 7.30. The van der Waals surface area contributed by atoms with Crippen molar-refractivity contribution in [1.82, 2.24) is 0 Å². The summed E-state index contributed by atoms with van der Waals surface area (Å²) in [5.41, 5.74) is 2.06. The third-order valence-electron chi connectivity index (χ3n) is 0.471. The van der Waals surface area contributed by atoms with Gasteiger partial charge >= 0.3 is 7.99 Å². The molecule has 0 amide bonds. The fourth-order valence-electron chi connectivity index (χ4n) is 0. The second kappa shape index (κ2) is 5.77. The maximum Gasteiger partial charge on any atom is 0.549 e. The average Bonchev–Trinajstić information content (AvgIpc) is 1.61. The van der Waals surface area contributed by atoms with Crippen LogP contribution in [0.5, 0.6) is 0 Å². The summed E-state index contributed by atoms with van der Waals surface area (Å²) >= 11 is 0. The van der Waals surface area contributed by atoms with E-state index in [0.29, 0.717) is 0 Å². The molecule has 1 N–H and O–H groups in total. The van der Waals surface area contributed by atoms with Gasteiger partial charge < -0.3 is 0 Å². The number of hydrogen-bond donors (Lipinski definition) is 1. The molecular formula is C4H11F2O2PSi. The molecule has 0 radical (unpaired) electrons. The lowest BCUT2D eigenvalue weighted by Crippen LogP contribution is -1.89. The van der Waals surface area contributed by atoms with Gasteiger partial charge in [0.2, 0.25) is 0 Å². The first-order chi connectivity index (χ1) is 4.27. The maximum absolute atomic E-state index is 10.1. The molecule has 0 aromatic rings. The van der Waals surface area contributed by atoms with E-state index in [4.69, 9.17) is 9.46 Å². The van der Waals surface area contributed by atoms with Gasteiger partial charge in [0.25, 0.3) is 0 Å². The van der Waals surface area contributed by atoms with Gasteiger partial charge in [-0.25, -0.2) is 4.57 Å². The molecule has 0 aromatic carbocycles. The smallest absolute Gasteiger partial charge is 0.296 e. The highest BCUT2D eigenvalue weighted by Gasteiger charge is 2.09. The zero-order valence-electron chi connectivity index (χ0n) is 5.92. The predicted molar refractivity (Wildman–Crippen MR) is 41.1 cm³/mol. The van der Waals surface area contributed by atoms with Gasteiger partial charge in [0.1, 0.15) is 0 Å². The van der Waals surface area contributed by atoms with E-state index >= 15 is 0 Å². The van der Waals surface area contributed by atoms with E-state index in [0.717, 1.165) is 0 Å². The molecule has 0 unspecified atom stereocenters. The molecule has 0 heterocycles. The molecule has 0 aliphatic rings. The molecule has 0 saturated heterocycles. The van der Waals surface area contributed by atoms with E-state index in [9.17, 15) is 8.39 Å². The van der Waals surface area contributed by atoms with E-state index in [-0.39, 0.29) is 8.80 Å². The van der Waals surface area contributed by atoms with E-state index in [1.54, 1.807) is 0 Å².